The Labute approximate surface area is 196 Å². The first-order valence-electron chi connectivity index (χ1n) is 10.8. The van der Waals surface area contributed by atoms with Gasteiger partial charge in [0.25, 0.3) is 0 Å². The van der Waals surface area contributed by atoms with E-state index in [2.05, 4.69) is 46.5 Å². The molecule has 1 aliphatic rings. The van der Waals surface area contributed by atoms with Gasteiger partial charge in [-0.2, -0.15) is 0 Å². The molecule has 30 heavy (non-hydrogen) atoms. The quantitative estimate of drug-likeness (QED) is 0.286. The second-order valence-corrected chi connectivity index (χ2v) is 7.32. The molecule has 166 valence electrons. The maximum Gasteiger partial charge on any atom is 0.213 e. The van der Waals surface area contributed by atoms with Gasteiger partial charge in [-0.15, -0.1) is 24.0 Å². The van der Waals surface area contributed by atoms with Crippen LogP contribution in [0.15, 0.2) is 27.8 Å². The number of halogens is 1. The predicted molar refractivity (Wildman–Crippen MR) is 129 cm³/mol. The lowest BCUT2D eigenvalue weighted by atomic mass is 10.1. The van der Waals surface area contributed by atoms with Crippen LogP contribution in [0.3, 0.4) is 0 Å². The molecule has 2 aromatic heterocycles. The van der Waals surface area contributed by atoms with Crippen LogP contribution in [0.25, 0.3) is 0 Å². The zero-order valence-corrected chi connectivity index (χ0v) is 20.6. The smallest absolute Gasteiger partial charge is 0.213 e. The Bertz CT molecular complexity index is 764. The fourth-order valence-electron chi connectivity index (χ4n) is 3.57. The van der Waals surface area contributed by atoms with Gasteiger partial charge in [-0.25, -0.2) is 9.98 Å². The second-order valence-electron chi connectivity index (χ2n) is 7.32. The predicted octanol–water partition coefficient (Wildman–Crippen LogP) is 4.39. The van der Waals surface area contributed by atoms with Crippen molar-refractivity contribution in [3.63, 3.8) is 0 Å². The Balaban J connectivity index is 0.00000320. The van der Waals surface area contributed by atoms with Crippen molar-refractivity contribution in [2.24, 2.45) is 4.99 Å². The number of pyridine rings is 1. The minimum absolute atomic E-state index is 0. The number of guanidine groups is 1. The van der Waals surface area contributed by atoms with Crippen molar-refractivity contribution < 1.29 is 9.26 Å². The maximum atomic E-state index is 5.93. The average Bonchev–Trinajstić information content (AvgIpc) is 3.40. The average molecular weight is 527 g/mol. The maximum absolute atomic E-state index is 5.93. The third-order valence-electron chi connectivity index (χ3n) is 5.19. The molecule has 0 atom stereocenters. The van der Waals surface area contributed by atoms with Crippen LogP contribution in [0.5, 0.6) is 5.88 Å². The van der Waals surface area contributed by atoms with E-state index in [1.165, 1.54) is 12.8 Å². The Kier molecular flexibility index (Phi) is 10.4. The monoisotopic (exact) mass is 527 g/mol. The number of nitrogens with zero attached hydrogens (tertiary/aromatic N) is 3. The first-order valence-corrected chi connectivity index (χ1v) is 10.8. The number of aryl methyl sites for hydroxylation is 2. The highest BCUT2D eigenvalue weighted by Crippen LogP contribution is 2.23. The summed E-state index contributed by atoms with van der Waals surface area (Å²) >= 11 is 0. The topological polar surface area (TPSA) is 84.6 Å². The highest BCUT2D eigenvalue weighted by molar-refractivity contribution is 14.0. The lowest BCUT2D eigenvalue weighted by Gasteiger charge is -2.13. The van der Waals surface area contributed by atoms with Crippen LogP contribution in [0.4, 0.5) is 0 Å². The van der Waals surface area contributed by atoms with Crippen molar-refractivity contribution in [2.45, 2.75) is 78.5 Å². The van der Waals surface area contributed by atoms with Crippen LogP contribution in [0.2, 0.25) is 0 Å². The van der Waals surface area contributed by atoms with E-state index in [-0.39, 0.29) is 24.0 Å². The van der Waals surface area contributed by atoms with E-state index in [1.807, 2.05) is 18.3 Å². The van der Waals surface area contributed by atoms with Gasteiger partial charge in [0.2, 0.25) is 5.88 Å². The second kappa shape index (κ2) is 12.8. The van der Waals surface area contributed by atoms with E-state index < -0.39 is 0 Å². The summed E-state index contributed by atoms with van der Waals surface area (Å²) in [6, 6.07) is 3.98. The third-order valence-corrected chi connectivity index (χ3v) is 5.19. The molecule has 0 aliphatic heterocycles. The van der Waals surface area contributed by atoms with Gasteiger partial charge in [-0.1, -0.05) is 25.1 Å². The number of ether oxygens (including phenoxy) is 1. The molecular weight excluding hydrogens is 493 g/mol. The Morgan fingerprint density at radius 3 is 2.60 bits per heavy atom. The van der Waals surface area contributed by atoms with Gasteiger partial charge in [-0.05, 0) is 44.6 Å². The zero-order chi connectivity index (χ0) is 20.5. The third kappa shape index (κ3) is 6.85. The molecule has 2 aromatic rings. The van der Waals surface area contributed by atoms with Crippen LogP contribution < -0.4 is 15.4 Å². The first-order chi connectivity index (χ1) is 14.2. The van der Waals surface area contributed by atoms with E-state index in [9.17, 15) is 0 Å². The zero-order valence-electron chi connectivity index (χ0n) is 18.2. The van der Waals surface area contributed by atoms with Crippen molar-refractivity contribution >= 4 is 29.9 Å². The van der Waals surface area contributed by atoms with E-state index in [0.29, 0.717) is 25.1 Å². The van der Waals surface area contributed by atoms with Crippen LogP contribution in [-0.4, -0.2) is 28.7 Å². The summed E-state index contributed by atoms with van der Waals surface area (Å²) in [7, 11) is 0. The number of nitrogens with one attached hydrogen (secondary N) is 2. The number of aromatic nitrogens is 2. The summed E-state index contributed by atoms with van der Waals surface area (Å²) in [6.45, 7) is 8.22. The summed E-state index contributed by atoms with van der Waals surface area (Å²) in [5.41, 5.74) is 3.19. The molecule has 1 saturated carbocycles. The molecule has 0 unspecified atom stereocenters. The summed E-state index contributed by atoms with van der Waals surface area (Å²) in [5, 5.41) is 10.9. The van der Waals surface area contributed by atoms with Gasteiger partial charge in [0.15, 0.2) is 5.96 Å². The number of aliphatic imine (C=N–C) groups is 1. The Hall–Kier alpha value is -1.84. The van der Waals surface area contributed by atoms with Crippen molar-refractivity contribution in [3.8, 4) is 5.88 Å². The van der Waals surface area contributed by atoms with E-state index in [0.717, 1.165) is 60.8 Å². The van der Waals surface area contributed by atoms with Gasteiger partial charge < -0.3 is 19.9 Å². The molecular formula is C22H34IN5O2. The molecule has 2 heterocycles. The number of rotatable bonds is 9. The molecule has 0 bridgehead atoms. The molecule has 8 heteroatoms. The van der Waals surface area contributed by atoms with E-state index in [4.69, 9.17) is 9.26 Å². The fraction of sp³-hybridized carbons (Fsp3) is 0.591. The van der Waals surface area contributed by atoms with Crippen LogP contribution in [-0.2, 0) is 25.9 Å². The summed E-state index contributed by atoms with van der Waals surface area (Å²) < 4.78 is 11.4. The minimum atomic E-state index is 0. The molecule has 2 N–H and O–H groups in total. The molecule has 0 amide bonds. The molecule has 1 aliphatic carbocycles. The van der Waals surface area contributed by atoms with Gasteiger partial charge in [-0.3, -0.25) is 0 Å². The summed E-state index contributed by atoms with van der Waals surface area (Å²) in [4.78, 5) is 9.13. The fourth-order valence-corrected chi connectivity index (χ4v) is 3.57. The minimum Gasteiger partial charge on any atom is -0.474 e. The summed E-state index contributed by atoms with van der Waals surface area (Å²) in [5.74, 6) is 2.41. The molecule has 7 nitrogen and oxygen atoms in total. The lowest BCUT2D eigenvalue weighted by Crippen LogP contribution is -2.37. The van der Waals surface area contributed by atoms with Crippen molar-refractivity contribution in [1.82, 2.24) is 20.8 Å². The molecule has 1 fully saturated rings. The molecule has 3 rings (SSSR count). The normalized spacial score (nSPS) is 14.4. The lowest BCUT2D eigenvalue weighted by molar-refractivity contribution is 0.201. The number of hydrogen-bond donors (Lipinski definition) is 2. The highest BCUT2D eigenvalue weighted by atomic mass is 127. The Morgan fingerprint density at radius 2 is 1.97 bits per heavy atom. The van der Waals surface area contributed by atoms with Crippen molar-refractivity contribution in [1.29, 1.82) is 0 Å². The van der Waals surface area contributed by atoms with Crippen molar-refractivity contribution in [3.05, 3.63) is 40.9 Å². The molecule has 0 radical (unpaired) electrons. The number of hydrogen-bond acceptors (Lipinski definition) is 5. The standard InChI is InChI=1S/C22H33N5O2.HI/c1-4-19-18(20(5-2)29-27-19)15-26-22(23-6-3)25-14-16-11-12-21(24-13-16)28-17-9-7-8-10-17;/h11-13,17H,4-10,14-15H2,1-3H3,(H2,23,25,26);1H. The van der Waals surface area contributed by atoms with Crippen LogP contribution in [0.1, 0.15) is 69.0 Å². The highest BCUT2D eigenvalue weighted by Gasteiger charge is 2.17. The summed E-state index contributed by atoms with van der Waals surface area (Å²) in [6.07, 6.45) is 8.65. The van der Waals surface area contributed by atoms with Gasteiger partial charge in [0, 0.05) is 37.3 Å². The molecule has 0 saturated heterocycles. The SMILES string of the molecule is CCNC(=NCc1ccc(OC2CCCC2)nc1)NCc1c(CC)noc1CC.I. The van der Waals surface area contributed by atoms with Crippen LogP contribution >= 0.6 is 24.0 Å². The van der Waals surface area contributed by atoms with E-state index in [1.54, 1.807) is 0 Å². The van der Waals surface area contributed by atoms with Gasteiger partial charge in [0.1, 0.15) is 11.9 Å². The van der Waals surface area contributed by atoms with E-state index >= 15 is 0 Å². The Morgan fingerprint density at radius 1 is 1.17 bits per heavy atom. The largest absolute Gasteiger partial charge is 0.474 e. The van der Waals surface area contributed by atoms with Gasteiger partial charge in [0.05, 0.1) is 12.2 Å². The van der Waals surface area contributed by atoms with Crippen molar-refractivity contribution in [2.75, 3.05) is 6.54 Å². The molecule has 0 aromatic carbocycles. The van der Waals surface area contributed by atoms with Gasteiger partial charge >= 0.3 is 0 Å². The first kappa shape index (κ1) is 24.4. The van der Waals surface area contributed by atoms with Crippen LogP contribution in [0, 0.1) is 0 Å². The molecule has 0 spiro atoms.